The number of aliphatic imine (C=N–C) groups is 1. The average Bonchev–Trinajstić information content (AvgIpc) is 2.95. The number of anilines is 1. The number of hydrogen-bond donors (Lipinski definition) is 2. The van der Waals surface area contributed by atoms with Crippen LogP contribution in [-0.2, 0) is 9.53 Å². The SMILES string of the molecule is CCOC(=O)CCNC(=NC#N)Nc1ccc2nonc2c1. The normalized spacial score (nSPS) is 11.0. The van der Waals surface area contributed by atoms with Crippen molar-refractivity contribution in [1.82, 2.24) is 15.6 Å². The van der Waals surface area contributed by atoms with Gasteiger partial charge < -0.3 is 15.4 Å². The van der Waals surface area contributed by atoms with E-state index in [9.17, 15) is 4.79 Å². The predicted molar refractivity (Wildman–Crippen MR) is 77.7 cm³/mol. The third-order valence-corrected chi connectivity index (χ3v) is 2.61. The molecule has 0 atom stereocenters. The molecule has 0 aliphatic carbocycles. The van der Waals surface area contributed by atoms with E-state index in [2.05, 4.69) is 30.6 Å². The molecule has 0 unspecified atom stereocenters. The first-order valence-corrected chi connectivity index (χ1v) is 6.58. The van der Waals surface area contributed by atoms with Crippen LogP contribution in [0.4, 0.5) is 5.69 Å². The van der Waals surface area contributed by atoms with E-state index in [1.54, 1.807) is 31.3 Å². The molecule has 0 saturated carbocycles. The Morgan fingerprint density at radius 3 is 3.05 bits per heavy atom. The van der Waals surface area contributed by atoms with E-state index >= 15 is 0 Å². The summed E-state index contributed by atoms with van der Waals surface area (Å²) in [5, 5.41) is 21.9. The summed E-state index contributed by atoms with van der Waals surface area (Å²) >= 11 is 0. The van der Waals surface area contributed by atoms with Crippen molar-refractivity contribution in [2.45, 2.75) is 13.3 Å². The van der Waals surface area contributed by atoms with Crippen LogP contribution in [0.15, 0.2) is 27.8 Å². The number of esters is 1. The summed E-state index contributed by atoms with van der Waals surface area (Å²) in [7, 11) is 0. The Hall–Kier alpha value is -3.15. The zero-order chi connectivity index (χ0) is 15.8. The summed E-state index contributed by atoms with van der Waals surface area (Å²) in [6.07, 6.45) is 1.86. The monoisotopic (exact) mass is 302 g/mol. The van der Waals surface area contributed by atoms with Crippen molar-refractivity contribution in [3.05, 3.63) is 18.2 Å². The fourth-order valence-corrected chi connectivity index (χ4v) is 1.67. The third-order valence-electron chi connectivity index (χ3n) is 2.61. The lowest BCUT2D eigenvalue weighted by Crippen LogP contribution is -2.32. The first kappa shape index (κ1) is 15.2. The number of aromatic nitrogens is 2. The Labute approximate surface area is 125 Å². The van der Waals surface area contributed by atoms with Crippen LogP contribution in [0.5, 0.6) is 0 Å². The third kappa shape index (κ3) is 4.17. The van der Waals surface area contributed by atoms with Gasteiger partial charge in [-0.2, -0.15) is 5.26 Å². The summed E-state index contributed by atoms with van der Waals surface area (Å²) in [6, 6.07) is 5.16. The predicted octanol–water partition coefficient (Wildman–Crippen LogP) is 1.01. The largest absolute Gasteiger partial charge is 0.466 e. The number of nitrogens with one attached hydrogen (secondary N) is 2. The molecule has 0 spiro atoms. The van der Waals surface area contributed by atoms with E-state index in [1.807, 2.05) is 0 Å². The van der Waals surface area contributed by atoms with Crippen LogP contribution in [0, 0.1) is 11.5 Å². The van der Waals surface area contributed by atoms with Crippen molar-refractivity contribution in [1.29, 1.82) is 5.26 Å². The molecule has 0 saturated heterocycles. The molecule has 0 radical (unpaired) electrons. The molecule has 0 aliphatic rings. The lowest BCUT2D eigenvalue weighted by Gasteiger charge is -2.10. The Bertz CT molecular complexity index is 718. The Balaban J connectivity index is 1.95. The van der Waals surface area contributed by atoms with Crippen LogP contribution in [-0.4, -0.2) is 35.4 Å². The molecule has 0 aliphatic heterocycles. The standard InChI is InChI=1S/C13H14N6O3/c1-2-21-12(20)5-6-15-13(16-8-14)17-9-3-4-10-11(7-9)19-22-18-10/h3-4,7H,2,5-6H2,1H3,(H2,15,16,17). The number of rotatable bonds is 5. The van der Waals surface area contributed by atoms with Gasteiger partial charge in [-0.15, -0.1) is 4.99 Å². The zero-order valence-electron chi connectivity index (χ0n) is 11.9. The maximum Gasteiger partial charge on any atom is 0.307 e. The highest BCUT2D eigenvalue weighted by Gasteiger charge is 2.06. The number of carbonyl (C=O) groups excluding carboxylic acids is 1. The second-order valence-corrected chi connectivity index (χ2v) is 4.13. The van der Waals surface area contributed by atoms with Gasteiger partial charge >= 0.3 is 5.97 Å². The smallest absolute Gasteiger partial charge is 0.307 e. The van der Waals surface area contributed by atoms with Gasteiger partial charge in [-0.05, 0) is 35.4 Å². The van der Waals surface area contributed by atoms with Gasteiger partial charge in [0.05, 0.1) is 13.0 Å². The molecule has 0 fully saturated rings. The minimum Gasteiger partial charge on any atom is -0.466 e. The number of benzene rings is 1. The number of hydrogen-bond acceptors (Lipinski definition) is 7. The van der Waals surface area contributed by atoms with Crippen molar-refractivity contribution in [3.8, 4) is 6.19 Å². The fourth-order valence-electron chi connectivity index (χ4n) is 1.67. The molecule has 2 aromatic rings. The summed E-state index contributed by atoms with van der Waals surface area (Å²) < 4.78 is 9.42. The van der Waals surface area contributed by atoms with Crippen LogP contribution < -0.4 is 10.6 Å². The number of carbonyl (C=O) groups is 1. The van der Waals surface area contributed by atoms with Gasteiger partial charge in [-0.25, -0.2) is 4.63 Å². The number of nitriles is 1. The number of guanidine groups is 1. The van der Waals surface area contributed by atoms with E-state index < -0.39 is 0 Å². The van der Waals surface area contributed by atoms with Gasteiger partial charge in [0.1, 0.15) is 11.0 Å². The maximum atomic E-state index is 11.2. The van der Waals surface area contributed by atoms with E-state index in [1.165, 1.54) is 0 Å². The molecule has 2 rings (SSSR count). The van der Waals surface area contributed by atoms with Gasteiger partial charge in [0.2, 0.25) is 12.2 Å². The van der Waals surface area contributed by atoms with Gasteiger partial charge in [-0.1, -0.05) is 0 Å². The first-order valence-electron chi connectivity index (χ1n) is 6.58. The molecule has 1 aromatic heterocycles. The van der Waals surface area contributed by atoms with Crippen molar-refractivity contribution in [2.24, 2.45) is 4.99 Å². The highest BCUT2D eigenvalue weighted by molar-refractivity contribution is 5.95. The van der Waals surface area contributed by atoms with Crippen LogP contribution in [0.2, 0.25) is 0 Å². The molecule has 9 heteroatoms. The quantitative estimate of drug-likeness (QED) is 0.363. The molecule has 0 amide bonds. The van der Waals surface area contributed by atoms with Gasteiger partial charge in [0.25, 0.3) is 0 Å². The molecule has 0 bridgehead atoms. The second kappa shape index (κ2) is 7.58. The molecular formula is C13H14N6O3. The minimum atomic E-state index is -0.318. The van der Waals surface area contributed by atoms with Crippen LogP contribution >= 0.6 is 0 Å². The van der Waals surface area contributed by atoms with Gasteiger partial charge in [0, 0.05) is 12.2 Å². The van der Waals surface area contributed by atoms with E-state index in [0.717, 1.165) is 0 Å². The summed E-state index contributed by atoms with van der Waals surface area (Å²) in [5.41, 5.74) is 1.85. The van der Waals surface area contributed by atoms with Gasteiger partial charge in [0.15, 0.2) is 0 Å². The lowest BCUT2D eigenvalue weighted by atomic mass is 10.3. The molecule has 114 valence electrons. The average molecular weight is 302 g/mol. The van der Waals surface area contributed by atoms with Crippen molar-refractivity contribution < 1.29 is 14.2 Å². The van der Waals surface area contributed by atoms with Crippen LogP contribution in [0.1, 0.15) is 13.3 Å². The molecule has 9 nitrogen and oxygen atoms in total. The molecule has 2 N–H and O–H groups in total. The molecule has 1 aromatic carbocycles. The topological polar surface area (TPSA) is 125 Å². The van der Waals surface area contributed by atoms with E-state index in [0.29, 0.717) is 29.9 Å². The van der Waals surface area contributed by atoms with Gasteiger partial charge in [-0.3, -0.25) is 4.79 Å². The summed E-state index contributed by atoms with van der Waals surface area (Å²) in [6.45, 7) is 2.37. The Kier molecular flexibility index (Phi) is 5.25. The lowest BCUT2D eigenvalue weighted by molar-refractivity contribution is -0.142. The van der Waals surface area contributed by atoms with Crippen molar-refractivity contribution in [3.63, 3.8) is 0 Å². The number of nitrogens with zero attached hydrogens (tertiary/aromatic N) is 4. The second-order valence-electron chi connectivity index (χ2n) is 4.13. The molecular weight excluding hydrogens is 288 g/mol. The zero-order valence-corrected chi connectivity index (χ0v) is 11.9. The molecule has 22 heavy (non-hydrogen) atoms. The van der Waals surface area contributed by atoms with Crippen LogP contribution in [0.25, 0.3) is 11.0 Å². The fraction of sp³-hybridized carbons (Fsp3) is 0.308. The maximum absolute atomic E-state index is 11.2. The highest BCUT2D eigenvalue weighted by atomic mass is 16.6. The highest BCUT2D eigenvalue weighted by Crippen LogP contribution is 2.15. The summed E-state index contributed by atoms with van der Waals surface area (Å²) in [4.78, 5) is 14.9. The van der Waals surface area contributed by atoms with E-state index in [4.69, 9.17) is 10.00 Å². The Morgan fingerprint density at radius 1 is 1.45 bits per heavy atom. The summed E-state index contributed by atoms with van der Waals surface area (Å²) in [5.74, 6) is -0.0935. The molecule has 1 heterocycles. The van der Waals surface area contributed by atoms with E-state index in [-0.39, 0.29) is 18.3 Å². The first-order chi connectivity index (χ1) is 10.7. The minimum absolute atomic E-state index is 0.173. The number of fused-ring (bicyclic) bond motifs is 1. The number of ether oxygens (including phenoxy) is 1. The van der Waals surface area contributed by atoms with Crippen molar-refractivity contribution in [2.75, 3.05) is 18.5 Å². The van der Waals surface area contributed by atoms with Crippen LogP contribution in [0.3, 0.4) is 0 Å². The Morgan fingerprint density at radius 2 is 2.27 bits per heavy atom. The van der Waals surface area contributed by atoms with Crippen molar-refractivity contribution >= 4 is 28.6 Å².